The quantitative estimate of drug-likeness (QED) is 0.898. The lowest BCUT2D eigenvalue weighted by molar-refractivity contribution is 0.0818. The highest BCUT2D eigenvalue weighted by atomic mass is 16.5. The molecular formula is C14H23N3O2. The molecule has 0 bridgehead atoms. The molecule has 0 aromatic carbocycles. The molecule has 1 aliphatic heterocycles. The monoisotopic (exact) mass is 265 g/mol. The molecule has 2 heterocycles. The van der Waals surface area contributed by atoms with E-state index in [9.17, 15) is 5.11 Å². The molecule has 5 nitrogen and oxygen atoms in total. The number of rotatable bonds is 4. The molecule has 0 saturated carbocycles. The topological polar surface area (TPSA) is 58.5 Å². The van der Waals surface area contributed by atoms with E-state index in [1.54, 1.807) is 7.11 Å². The number of nitrogens with zero attached hydrogens (tertiary/aromatic N) is 3. The third kappa shape index (κ3) is 3.22. The highest BCUT2D eigenvalue weighted by molar-refractivity contribution is 5.49. The molecule has 0 radical (unpaired) electrons. The standard InChI is InChI=1S/C14H23N3O2/c1-10(2)14-15-8-13(12(9-18)16-14)17-6-4-11(19-3)5-7-17/h8,10-11,18H,4-7,9H2,1-3H3. The molecule has 1 aromatic rings. The minimum absolute atomic E-state index is 0.0399. The number of aliphatic hydroxyl groups is 1. The summed E-state index contributed by atoms with van der Waals surface area (Å²) in [7, 11) is 1.76. The summed E-state index contributed by atoms with van der Waals surface area (Å²) in [5.41, 5.74) is 1.69. The van der Waals surface area contributed by atoms with Crippen LogP contribution in [0, 0.1) is 0 Å². The van der Waals surface area contributed by atoms with Crippen LogP contribution in [-0.2, 0) is 11.3 Å². The molecule has 1 saturated heterocycles. The van der Waals surface area contributed by atoms with Crippen LogP contribution in [-0.4, -0.2) is 41.4 Å². The van der Waals surface area contributed by atoms with E-state index in [-0.39, 0.29) is 12.5 Å². The number of hydrogen-bond acceptors (Lipinski definition) is 5. The smallest absolute Gasteiger partial charge is 0.131 e. The van der Waals surface area contributed by atoms with Gasteiger partial charge in [-0.25, -0.2) is 9.97 Å². The van der Waals surface area contributed by atoms with Gasteiger partial charge in [-0.3, -0.25) is 0 Å². The second-order valence-corrected chi connectivity index (χ2v) is 5.30. The number of aliphatic hydroxyl groups excluding tert-OH is 1. The van der Waals surface area contributed by atoms with Gasteiger partial charge in [-0.05, 0) is 12.8 Å². The summed E-state index contributed by atoms with van der Waals surface area (Å²) in [6.07, 6.45) is 4.21. The average Bonchev–Trinajstić information content (AvgIpc) is 2.46. The highest BCUT2D eigenvalue weighted by Gasteiger charge is 2.21. The van der Waals surface area contributed by atoms with Crippen molar-refractivity contribution >= 4 is 5.69 Å². The Hall–Kier alpha value is -1.20. The largest absolute Gasteiger partial charge is 0.390 e. The van der Waals surface area contributed by atoms with Crippen LogP contribution in [0.5, 0.6) is 0 Å². The summed E-state index contributed by atoms with van der Waals surface area (Å²) in [4.78, 5) is 11.1. The number of ether oxygens (including phenoxy) is 1. The molecule has 1 fully saturated rings. The van der Waals surface area contributed by atoms with E-state index in [2.05, 4.69) is 28.7 Å². The molecule has 0 unspecified atom stereocenters. The summed E-state index contributed by atoms with van der Waals surface area (Å²) in [6, 6.07) is 0. The first-order chi connectivity index (χ1) is 9.15. The van der Waals surface area contributed by atoms with Gasteiger partial charge in [0, 0.05) is 26.1 Å². The normalized spacial score (nSPS) is 17.2. The fraction of sp³-hybridized carbons (Fsp3) is 0.714. The summed E-state index contributed by atoms with van der Waals surface area (Å²) >= 11 is 0. The lowest BCUT2D eigenvalue weighted by Gasteiger charge is -2.33. The van der Waals surface area contributed by atoms with E-state index in [0.29, 0.717) is 6.10 Å². The zero-order valence-electron chi connectivity index (χ0n) is 12.0. The van der Waals surface area contributed by atoms with E-state index in [1.165, 1.54) is 0 Å². The van der Waals surface area contributed by atoms with Gasteiger partial charge in [0.25, 0.3) is 0 Å². The lowest BCUT2D eigenvalue weighted by Crippen LogP contribution is -2.37. The summed E-state index contributed by atoms with van der Waals surface area (Å²) in [6.45, 7) is 5.92. The van der Waals surface area contributed by atoms with Crippen LogP contribution in [0.3, 0.4) is 0 Å². The molecule has 1 aliphatic rings. The number of piperidine rings is 1. The Morgan fingerprint density at radius 3 is 2.63 bits per heavy atom. The van der Waals surface area contributed by atoms with Gasteiger partial charge in [-0.2, -0.15) is 0 Å². The van der Waals surface area contributed by atoms with Crippen molar-refractivity contribution in [2.24, 2.45) is 0 Å². The molecule has 2 rings (SSSR count). The molecular weight excluding hydrogens is 242 g/mol. The SMILES string of the molecule is COC1CCN(c2cnc(C(C)C)nc2CO)CC1. The Kier molecular flexibility index (Phi) is 4.71. The predicted molar refractivity (Wildman–Crippen MR) is 74.3 cm³/mol. The first kappa shape index (κ1) is 14.2. The van der Waals surface area contributed by atoms with Gasteiger partial charge < -0.3 is 14.7 Å². The van der Waals surface area contributed by atoms with Gasteiger partial charge in [0.15, 0.2) is 0 Å². The van der Waals surface area contributed by atoms with Crippen molar-refractivity contribution in [3.63, 3.8) is 0 Å². The van der Waals surface area contributed by atoms with Gasteiger partial charge in [-0.15, -0.1) is 0 Å². The van der Waals surface area contributed by atoms with E-state index in [1.807, 2.05) is 6.20 Å². The van der Waals surface area contributed by atoms with Crippen LogP contribution in [0.1, 0.15) is 44.1 Å². The van der Waals surface area contributed by atoms with Crippen LogP contribution in [0.2, 0.25) is 0 Å². The molecule has 0 spiro atoms. The van der Waals surface area contributed by atoms with Crippen molar-refractivity contribution in [1.82, 2.24) is 9.97 Å². The first-order valence-corrected chi connectivity index (χ1v) is 6.90. The second-order valence-electron chi connectivity index (χ2n) is 5.30. The van der Waals surface area contributed by atoms with Crippen molar-refractivity contribution in [2.45, 2.75) is 45.3 Å². The maximum Gasteiger partial charge on any atom is 0.131 e. The first-order valence-electron chi connectivity index (χ1n) is 6.90. The molecule has 0 atom stereocenters. The van der Waals surface area contributed by atoms with Crippen molar-refractivity contribution < 1.29 is 9.84 Å². The number of anilines is 1. The zero-order chi connectivity index (χ0) is 13.8. The van der Waals surface area contributed by atoms with Gasteiger partial charge >= 0.3 is 0 Å². The van der Waals surface area contributed by atoms with E-state index >= 15 is 0 Å². The zero-order valence-corrected chi connectivity index (χ0v) is 12.0. The minimum Gasteiger partial charge on any atom is -0.390 e. The Bertz CT molecular complexity index is 415. The summed E-state index contributed by atoms with van der Waals surface area (Å²) in [5, 5.41) is 9.51. The number of hydrogen-bond donors (Lipinski definition) is 1. The van der Waals surface area contributed by atoms with Gasteiger partial charge in [0.1, 0.15) is 5.82 Å². The lowest BCUT2D eigenvalue weighted by atomic mass is 10.1. The maximum atomic E-state index is 9.51. The Morgan fingerprint density at radius 2 is 2.11 bits per heavy atom. The third-order valence-electron chi connectivity index (χ3n) is 3.65. The van der Waals surface area contributed by atoms with Crippen LogP contribution in [0.15, 0.2) is 6.20 Å². The van der Waals surface area contributed by atoms with Crippen LogP contribution in [0.25, 0.3) is 0 Å². The van der Waals surface area contributed by atoms with Crippen LogP contribution >= 0.6 is 0 Å². The van der Waals surface area contributed by atoms with Gasteiger partial charge in [-0.1, -0.05) is 13.8 Å². The van der Waals surface area contributed by atoms with E-state index in [0.717, 1.165) is 43.1 Å². The third-order valence-corrected chi connectivity index (χ3v) is 3.65. The Morgan fingerprint density at radius 1 is 1.42 bits per heavy atom. The maximum absolute atomic E-state index is 9.51. The molecule has 0 amide bonds. The second kappa shape index (κ2) is 6.30. The minimum atomic E-state index is -0.0399. The van der Waals surface area contributed by atoms with Crippen molar-refractivity contribution in [2.75, 3.05) is 25.1 Å². The Labute approximate surface area is 114 Å². The average molecular weight is 265 g/mol. The van der Waals surface area contributed by atoms with Gasteiger partial charge in [0.05, 0.1) is 30.3 Å². The Balaban J connectivity index is 2.16. The van der Waals surface area contributed by atoms with Crippen molar-refractivity contribution in [3.8, 4) is 0 Å². The molecule has 5 heteroatoms. The predicted octanol–water partition coefficient (Wildman–Crippen LogP) is 1.71. The van der Waals surface area contributed by atoms with Crippen molar-refractivity contribution in [3.05, 3.63) is 17.7 Å². The molecule has 1 N–H and O–H groups in total. The van der Waals surface area contributed by atoms with Gasteiger partial charge in [0.2, 0.25) is 0 Å². The fourth-order valence-corrected chi connectivity index (χ4v) is 2.42. The number of aromatic nitrogens is 2. The molecule has 19 heavy (non-hydrogen) atoms. The summed E-state index contributed by atoms with van der Waals surface area (Å²) in [5.74, 6) is 1.07. The van der Waals surface area contributed by atoms with Crippen LogP contribution in [0.4, 0.5) is 5.69 Å². The van der Waals surface area contributed by atoms with E-state index < -0.39 is 0 Å². The van der Waals surface area contributed by atoms with Crippen molar-refractivity contribution in [1.29, 1.82) is 0 Å². The highest BCUT2D eigenvalue weighted by Crippen LogP contribution is 2.24. The molecule has 106 valence electrons. The van der Waals surface area contributed by atoms with E-state index in [4.69, 9.17) is 4.74 Å². The number of methoxy groups -OCH3 is 1. The fourth-order valence-electron chi connectivity index (χ4n) is 2.42. The summed E-state index contributed by atoms with van der Waals surface area (Å²) < 4.78 is 5.38. The molecule has 1 aromatic heterocycles. The van der Waals surface area contributed by atoms with Crippen LogP contribution < -0.4 is 4.90 Å². The molecule has 0 aliphatic carbocycles.